The number of aliphatic hydroxyl groups is 12. The van der Waals surface area contributed by atoms with Gasteiger partial charge in [0.25, 0.3) is 0 Å². The highest BCUT2D eigenvalue weighted by Crippen LogP contribution is 2.37. The lowest BCUT2D eigenvalue weighted by atomic mass is 9.78. The van der Waals surface area contributed by atoms with Crippen LogP contribution >= 0.6 is 0 Å². The van der Waals surface area contributed by atoms with Gasteiger partial charge >= 0.3 is 0 Å². The molecule has 2 saturated carbocycles. The SMILES string of the molecule is CO[C@@H]1C(O)[C@H](O[C@@H]2C(O)[C@H](O[C@@H]3C(O)[C@@H](C)OC(CO[C@@H]4OC(CO)[C@@H](O)[C@H](O)C4O)[C@H]3O)CC(CO)[C@H]2O)CC(CO)[C@H]1O. The fourth-order valence-electron chi connectivity index (χ4n) is 6.81. The average molecular weight is 675 g/mol. The molecule has 4 aliphatic rings. The van der Waals surface area contributed by atoms with Gasteiger partial charge in [0.15, 0.2) is 6.29 Å². The monoisotopic (exact) mass is 674 g/mol. The summed E-state index contributed by atoms with van der Waals surface area (Å²) in [7, 11) is 1.26. The van der Waals surface area contributed by atoms with E-state index >= 15 is 0 Å². The molecule has 0 bridgehead atoms. The van der Waals surface area contributed by atoms with Crippen molar-refractivity contribution in [3.63, 3.8) is 0 Å². The highest BCUT2D eigenvalue weighted by Gasteiger charge is 2.53. The molecule has 270 valence electrons. The molecule has 2 aliphatic heterocycles. The molecule has 46 heavy (non-hydrogen) atoms. The summed E-state index contributed by atoms with van der Waals surface area (Å²) in [5.41, 5.74) is 0. The maximum atomic E-state index is 11.3. The van der Waals surface area contributed by atoms with Crippen molar-refractivity contribution in [1.29, 1.82) is 0 Å². The van der Waals surface area contributed by atoms with E-state index in [1.54, 1.807) is 0 Å². The molecule has 0 aromatic heterocycles. The molecule has 2 aliphatic carbocycles. The van der Waals surface area contributed by atoms with Crippen LogP contribution in [0, 0.1) is 11.8 Å². The Morgan fingerprint density at radius 3 is 1.59 bits per heavy atom. The first kappa shape index (κ1) is 38.1. The van der Waals surface area contributed by atoms with Gasteiger partial charge < -0.3 is 89.7 Å². The standard InChI is InChI=1S/C28H50O18/c1-9-16(32)26(22(38)15(43-9)8-42-28-24(40)23(39)19(35)14(7-31)46-28)44-13-4-11(6-30)18(34)27(21(13)37)45-12-3-10(5-29)17(33)25(41-2)20(12)36/h9-40H,3-8H2,1-2H3/t9-,10?,11?,12-,13-,14?,15?,16?,17-,18-,19-,20?,21?,22-,23+,24?,25+,26-,27+,28-/m1/s1. The minimum atomic E-state index is -1.71. The molecule has 2 heterocycles. The van der Waals surface area contributed by atoms with Crippen LogP contribution in [0.1, 0.15) is 19.8 Å². The number of aliphatic hydroxyl groups excluding tert-OH is 12. The molecule has 0 aromatic rings. The van der Waals surface area contributed by atoms with Crippen LogP contribution in [0.2, 0.25) is 0 Å². The van der Waals surface area contributed by atoms with Crippen molar-refractivity contribution < 1.29 is 89.7 Å². The van der Waals surface area contributed by atoms with E-state index in [0.29, 0.717) is 0 Å². The third-order valence-corrected chi connectivity index (χ3v) is 9.75. The predicted octanol–water partition coefficient (Wildman–Crippen LogP) is -6.70. The first-order valence-corrected chi connectivity index (χ1v) is 15.5. The zero-order valence-electron chi connectivity index (χ0n) is 25.6. The lowest BCUT2D eigenvalue weighted by Gasteiger charge is -2.49. The zero-order chi connectivity index (χ0) is 34.0. The van der Waals surface area contributed by atoms with Crippen LogP contribution in [0.3, 0.4) is 0 Å². The van der Waals surface area contributed by atoms with E-state index in [-0.39, 0.29) is 12.8 Å². The second-order valence-electron chi connectivity index (χ2n) is 12.7. The van der Waals surface area contributed by atoms with E-state index in [0.717, 1.165) is 0 Å². The first-order chi connectivity index (χ1) is 21.8. The minimum Gasteiger partial charge on any atom is -0.396 e. The largest absolute Gasteiger partial charge is 0.396 e. The first-order valence-electron chi connectivity index (χ1n) is 15.5. The number of ether oxygens (including phenoxy) is 6. The fourth-order valence-corrected chi connectivity index (χ4v) is 6.81. The number of hydrogen-bond donors (Lipinski definition) is 12. The van der Waals surface area contributed by atoms with Gasteiger partial charge in [0, 0.05) is 32.2 Å². The molecule has 20 atom stereocenters. The van der Waals surface area contributed by atoms with Gasteiger partial charge in [-0.3, -0.25) is 0 Å². The van der Waals surface area contributed by atoms with E-state index < -0.39 is 148 Å². The zero-order valence-corrected chi connectivity index (χ0v) is 25.6. The molecule has 8 unspecified atom stereocenters. The molecule has 4 fully saturated rings. The van der Waals surface area contributed by atoms with Crippen LogP contribution in [0.15, 0.2) is 0 Å². The van der Waals surface area contributed by atoms with Gasteiger partial charge in [-0.2, -0.15) is 0 Å². The third kappa shape index (κ3) is 7.69. The Labute approximate surface area is 265 Å². The van der Waals surface area contributed by atoms with E-state index in [9.17, 15) is 61.3 Å². The Morgan fingerprint density at radius 1 is 0.543 bits per heavy atom. The quantitative estimate of drug-likeness (QED) is 0.0969. The molecular formula is C28H50O18. The summed E-state index contributed by atoms with van der Waals surface area (Å²) >= 11 is 0. The molecule has 0 amide bonds. The summed E-state index contributed by atoms with van der Waals surface area (Å²) < 4.78 is 33.7. The second-order valence-corrected chi connectivity index (χ2v) is 12.7. The number of rotatable bonds is 11. The normalized spacial score (nSPS) is 52.0. The lowest BCUT2D eigenvalue weighted by Crippen LogP contribution is -2.64. The van der Waals surface area contributed by atoms with Gasteiger partial charge in [0.2, 0.25) is 0 Å². The molecule has 12 N–H and O–H groups in total. The average Bonchev–Trinajstić information content (AvgIpc) is 3.04. The summed E-state index contributed by atoms with van der Waals surface area (Å²) in [5, 5.41) is 125. The predicted molar refractivity (Wildman–Crippen MR) is 149 cm³/mol. The van der Waals surface area contributed by atoms with Gasteiger partial charge in [-0.1, -0.05) is 0 Å². The Balaban J connectivity index is 1.46. The Kier molecular flexibility index (Phi) is 13.5. The summed E-state index contributed by atoms with van der Waals surface area (Å²) in [5.74, 6) is -1.64. The Morgan fingerprint density at radius 2 is 1.07 bits per heavy atom. The van der Waals surface area contributed by atoms with Crippen LogP contribution in [0.4, 0.5) is 0 Å². The van der Waals surface area contributed by atoms with Gasteiger partial charge in [0.05, 0.1) is 43.7 Å². The minimum absolute atomic E-state index is 0.0466. The van der Waals surface area contributed by atoms with Crippen molar-refractivity contribution in [2.24, 2.45) is 11.8 Å². The summed E-state index contributed by atoms with van der Waals surface area (Å²) in [6.07, 6.45) is -25.1. The number of hydrogen-bond acceptors (Lipinski definition) is 18. The van der Waals surface area contributed by atoms with Crippen molar-refractivity contribution in [3.8, 4) is 0 Å². The summed E-state index contributed by atoms with van der Waals surface area (Å²) in [6, 6.07) is 0. The van der Waals surface area contributed by atoms with E-state index in [2.05, 4.69) is 0 Å². The van der Waals surface area contributed by atoms with Crippen LogP contribution in [-0.4, -0.2) is 205 Å². The molecule has 2 saturated heterocycles. The highest BCUT2D eigenvalue weighted by molar-refractivity contribution is 5.01. The van der Waals surface area contributed by atoms with Crippen molar-refractivity contribution >= 4 is 0 Å². The van der Waals surface area contributed by atoms with E-state index in [1.807, 2.05) is 0 Å². The summed E-state index contributed by atoms with van der Waals surface area (Å²) in [4.78, 5) is 0. The topological polar surface area (TPSA) is 298 Å². The third-order valence-electron chi connectivity index (χ3n) is 9.75. The van der Waals surface area contributed by atoms with Crippen LogP contribution < -0.4 is 0 Å². The summed E-state index contributed by atoms with van der Waals surface area (Å²) in [6.45, 7) is -0.658. The molecule has 0 radical (unpaired) electrons. The molecule has 0 spiro atoms. The highest BCUT2D eigenvalue weighted by atomic mass is 16.7. The maximum absolute atomic E-state index is 11.3. The van der Waals surface area contributed by atoms with E-state index in [1.165, 1.54) is 14.0 Å². The Bertz CT molecular complexity index is 931. The van der Waals surface area contributed by atoms with Crippen LogP contribution in [0.5, 0.6) is 0 Å². The van der Waals surface area contributed by atoms with Crippen molar-refractivity contribution in [2.75, 3.05) is 33.5 Å². The molecule has 4 rings (SSSR count). The number of methoxy groups -OCH3 is 1. The van der Waals surface area contributed by atoms with E-state index in [4.69, 9.17) is 28.4 Å². The lowest BCUT2D eigenvalue weighted by molar-refractivity contribution is -0.318. The van der Waals surface area contributed by atoms with Gasteiger partial charge in [-0.05, 0) is 19.8 Å². The maximum Gasteiger partial charge on any atom is 0.186 e. The molecule has 18 heteroatoms. The molecular weight excluding hydrogens is 624 g/mol. The smallest absolute Gasteiger partial charge is 0.186 e. The van der Waals surface area contributed by atoms with Crippen molar-refractivity contribution in [3.05, 3.63) is 0 Å². The fraction of sp³-hybridized carbons (Fsp3) is 1.00. The van der Waals surface area contributed by atoms with Gasteiger partial charge in [-0.25, -0.2) is 0 Å². The molecule has 0 aromatic carbocycles. The van der Waals surface area contributed by atoms with Gasteiger partial charge in [-0.15, -0.1) is 0 Å². The van der Waals surface area contributed by atoms with Gasteiger partial charge in [0.1, 0.15) is 73.2 Å². The Hall–Kier alpha value is -0.720. The second kappa shape index (κ2) is 16.3. The van der Waals surface area contributed by atoms with Crippen molar-refractivity contribution in [2.45, 2.75) is 130 Å². The van der Waals surface area contributed by atoms with Crippen molar-refractivity contribution in [1.82, 2.24) is 0 Å². The molecule has 18 nitrogen and oxygen atoms in total. The van der Waals surface area contributed by atoms with Crippen LogP contribution in [-0.2, 0) is 28.4 Å². The van der Waals surface area contributed by atoms with Crippen LogP contribution in [0.25, 0.3) is 0 Å².